The fraction of sp³-hybridized carbons (Fsp3) is 0.462. The maximum atomic E-state index is 13.5. The average Bonchev–Trinajstić information content (AvgIpc) is 3.58. The van der Waals surface area contributed by atoms with Crippen LogP contribution in [0.5, 0.6) is 0 Å². The van der Waals surface area contributed by atoms with E-state index in [1.54, 1.807) is 6.20 Å². The molecule has 4 amide bonds. The third-order valence-electron chi connectivity index (χ3n) is 6.68. The van der Waals surface area contributed by atoms with Gasteiger partial charge in [-0.1, -0.05) is 18.2 Å². The Morgan fingerprint density at radius 1 is 0.925 bits per heavy atom. The van der Waals surface area contributed by atoms with Crippen LogP contribution in [0.2, 0.25) is 0 Å². The Bertz CT molecular complexity index is 1250. The number of carboxylic acid groups (broad SMARTS) is 2. The topological polar surface area (TPSA) is 233 Å². The van der Waals surface area contributed by atoms with Crippen molar-refractivity contribution >= 4 is 46.5 Å². The summed E-state index contributed by atoms with van der Waals surface area (Å²) < 4.78 is 0. The monoisotopic (exact) mass is 558 g/mol. The third kappa shape index (κ3) is 8.53. The van der Waals surface area contributed by atoms with Crippen LogP contribution in [0.1, 0.15) is 44.1 Å². The lowest BCUT2D eigenvalue weighted by Gasteiger charge is -2.25. The molecule has 0 bridgehead atoms. The van der Waals surface area contributed by atoms with E-state index in [9.17, 15) is 33.9 Å². The van der Waals surface area contributed by atoms with Crippen molar-refractivity contribution < 1.29 is 39.0 Å². The molecule has 1 aliphatic rings. The number of nitrogens with one attached hydrogen (secondary N) is 5. The van der Waals surface area contributed by atoms with E-state index in [-0.39, 0.29) is 31.6 Å². The van der Waals surface area contributed by atoms with E-state index in [1.807, 2.05) is 24.3 Å². The molecule has 1 fully saturated rings. The van der Waals surface area contributed by atoms with Crippen molar-refractivity contribution in [3.05, 3.63) is 36.0 Å². The van der Waals surface area contributed by atoms with Gasteiger partial charge in [0.05, 0.1) is 6.04 Å². The summed E-state index contributed by atoms with van der Waals surface area (Å²) in [6.07, 6.45) is 1.75. The van der Waals surface area contributed by atoms with Crippen molar-refractivity contribution in [3.8, 4) is 0 Å². The van der Waals surface area contributed by atoms with E-state index in [1.165, 1.54) is 0 Å². The lowest BCUT2D eigenvalue weighted by atomic mass is 10.0. The summed E-state index contributed by atoms with van der Waals surface area (Å²) in [7, 11) is 0. The zero-order valence-electron chi connectivity index (χ0n) is 21.8. The van der Waals surface area contributed by atoms with Gasteiger partial charge in [-0.05, 0) is 43.9 Å². The molecule has 216 valence electrons. The Morgan fingerprint density at radius 3 is 2.25 bits per heavy atom. The summed E-state index contributed by atoms with van der Waals surface area (Å²) in [5, 5.41) is 30.0. The highest BCUT2D eigenvalue weighted by molar-refractivity contribution is 5.95. The maximum Gasteiger partial charge on any atom is 0.326 e. The molecule has 2 heterocycles. The molecule has 4 unspecified atom stereocenters. The number of carboxylic acids is 2. The molecule has 2 aromatic rings. The molecule has 1 aliphatic heterocycles. The number of carbonyl (C=O) groups excluding carboxylic acids is 4. The van der Waals surface area contributed by atoms with Gasteiger partial charge in [-0.15, -0.1) is 0 Å². The summed E-state index contributed by atoms with van der Waals surface area (Å²) in [6, 6.07) is 2.88. The summed E-state index contributed by atoms with van der Waals surface area (Å²) in [5.74, 6) is -5.49. The number of fused-ring (bicyclic) bond motifs is 1. The van der Waals surface area contributed by atoms with Crippen LogP contribution in [0.4, 0.5) is 0 Å². The molecule has 14 heteroatoms. The molecule has 0 spiro atoms. The van der Waals surface area contributed by atoms with E-state index in [2.05, 4.69) is 26.3 Å². The molecule has 0 saturated carbocycles. The standard InChI is InChI=1S/C26H34N6O8/c27-21(33)9-7-19(26(39)40)31-24(37)18(8-10-22(34)35)30-25(38)20(32-23(36)17-6-3-11-28-17)12-14-13-29-16-5-2-1-4-15(14)16/h1-2,4-5,13,17-20,28-29H,3,6-12H2,(H2,27,33)(H,30,38)(H,31,37)(H,32,36)(H,34,35)(H,39,40). The fourth-order valence-electron chi connectivity index (χ4n) is 4.54. The van der Waals surface area contributed by atoms with Gasteiger partial charge in [0.1, 0.15) is 18.1 Å². The molecular weight excluding hydrogens is 524 g/mol. The second kappa shape index (κ2) is 14.1. The van der Waals surface area contributed by atoms with E-state index < -0.39 is 60.2 Å². The van der Waals surface area contributed by atoms with Crippen LogP contribution < -0.4 is 27.0 Å². The van der Waals surface area contributed by atoms with E-state index in [4.69, 9.17) is 10.8 Å². The van der Waals surface area contributed by atoms with Crippen LogP contribution in [0.25, 0.3) is 10.9 Å². The first kappa shape index (κ1) is 30.1. The number of aromatic amines is 1. The molecule has 40 heavy (non-hydrogen) atoms. The zero-order valence-corrected chi connectivity index (χ0v) is 21.8. The first-order valence-corrected chi connectivity index (χ1v) is 13.0. The highest BCUT2D eigenvalue weighted by Crippen LogP contribution is 2.19. The van der Waals surface area contributed by atoms with Crippen LogP contribution in [0.15, 0.2) is 30.5 Å². The van der Waals surface area contributed by atoms with Gasteiger partial charge in [0.25, 0.3) is 0 Å². The quantitative estimate of drug-likeness (QED) is 0.135. The number of carbonyl (C=O) groups is 6. The molecular formula is C26H34N6O8. The Labute approximate surface area is 229 Å². The van der Waals surface area contributed by atoms with Gasteiger partial charge in [0, 0.05) is 36.4 Å². The van der Waals surface area contributed by atoms with Crippen molar-refractivity contribution in [2.75, 3.05) is 6.54 Å². The van der Waals surface area contributed by atoms with Crippen LogP contribution >= 0.6 is 0 Å². The second-order valence-electron chi connectivity index (χ2n) is 9.67. The zero-order chi connectivity index (χ0) is 29.2. The first-order chi connectivity index (χ1) is 19.0. The number of para-hydroxylation sites is 1. The Balaban J connectivity index is 1.81. The average molecular weight is 559 g/mol. The minimum absolute atomic E-state index is 0.0674. The number of hydrogen-bond donors (Lipinski definition) is 8. The number of aromatic nitrogens is 1. The summed E-state index contributed by atoms with van der Waals surface area (Å²) in [6.45, 7) is 0.662. The van der Waals surface area contributed by atoms with Gasteiger partial charge in [-0.25, -0.2) is 4.79 Å². The Morgan fingerprint density at radius 2 is 1.60 bits per heavy atom. The van der Waals surface area contributed by atoms with Gasteiger partial charge in [-0.3, -0.25) is 24.0 Å². The summed E-state index contributed by atoms with van der Waals surface area (Å²) >= 11 is 0. The van der Waals surface area contributed by atoms with Crippen LogP contribution in [-0.2, 0) is 35.2 Å². The van der Waals surface area contributed by atoms with Crippen molar-refractivity contribution in [3.63, 3.8) is 0 Å². The van der Waals surface area contributed by atoms with Gasteiger partial charge in [-0.2, -0.15) is 0 Å². The molecule has 0 radical (unpaired) electrons. The van der Waals surface area contributed by atoms with Crippen LogP contribution in [0.3, 0.4) is 0 Å². The second-order valence-corrected chi connectivity index (χ2v) is 9.67. The molecule has 3 rings (SSSR count). The Hall–Kier alpha value is -4.46. The normalized spacial score (nSPS) is 16.9. The van der Waals surface area contributed by atoms with E-state index >= 15 is 0 Å². The number of nitrogens with two attached hydrogens (primary N) is 1. The van der Waals surface area contributed by atoms with Gasteiger partial charge in [0.2, 0.25) is 23.6 Å². The molecule has 14 nitrogen and oxygen atoms in total. The predicted octanol–water partition coefficient (Wildman–Crippen LogP) is -0.868. The maximum absolute atomic E-state index is 13.5. The minimum Gasteiger partial charge on any atom is -0.481 e. The number of rotatable bonds is 15. The highest BCUT2D eigenvalue weighted by Gasteiger charge is 2.32. The minimum atomic E-state index is -1.49. The van der Waals surface area contributed by atoms with E-state index in [0.717, 1.165) is 22.9 Å². The number of H-pyrrole nitrogens is 1. The van der Waals surface area contributed by atoms with Crippen molar-refractivity contribution in [1.29, 1.82) is 0 Å². The van der Waals surface area contributed by atoms with Gasteiger partial charge >= 0.3 is 11.9 Å². The Kier molecular flexibility index (Phi) is 10.6. The number of amides is 4. The molecule has 0 aliphatic carbocycles. The number of benzene rings is 1. The highest BCUT2D eigenvalue weighted by atomic mass is 16.4. The summed E-state index contributed by atoms with van der Waals surface area (Å²) in [5.41, 5.74) is 6.64. The number of primary amides is 1. The lowest BCUT2D eigenvalue weighted by Crippen LogP contribution is -2.57. The number of hydrogen-bond acceptors (Lipinski definition) is 7. The number of aliphatic carboxylic acids is 2. The van der Waals surface area contributed by atoms with Crippen LogP contribution in [-0.4, -0.2) is 81.5 Å². The van der Waals surface area contributed by atoms with Gasteiger partial charge < -0.3 is 42.2 Å². The van der Waals surface area contributed by atoms with Crippen molar-refractivity contribution in [2.45, 2.75) is 69.1 Å². The SMILES string of the molecule is NC(=O)CCC(NC(=O)C(CCC(=O)O)NC(=O)C(Cc1c[nH]c2ccccc12)NC(=O)C1CCCN1)C(=O)O. The molecule has 1 aromatic carbocycles. The molecule has 9 N–H and O–H groups in total. The van der Waals surface area contributed by atoms with Crippen molar-refractivity contribution in [2.24, 2.45) is 5.73 Å². The van der Waals surface area contributed by atoms with Crippen LogP contribution in [0, 0.1) is 0 Å². The molecule has 1 saturated heterocycles. The first-order valence-electron chi connectivity index (χ1n) is 13.0. The third-order valence-corrected chi connectivity index (χ3v) is 6.68. The predicted molar refractivity (Wildman–Crippen MR) is 142 cm³/mol. The molecule has 1 aromatic heterocycles. The summed E-state index contributed by atoms with van der Waals surface area (Å²) in [4.78, 5) is 76.4. The smallest absolute Gasteiger partial charge is 0.326 e. The largest absolute Gasteiger partial charge is 0.481 e. The van der Waals surface area contributed by atoms with Crippen molar-refractivity contribution in [1.82, 2.24) is 26.3 Å². The fourth-order valence-corrected chi connectivity index (χ4v) is 4.54. The van der Waals surface area contributed by atoms with E-state index in [0.29, 0.717) is 13.0 Å². The van der Waals surface area contributed by atoms with Gasteiger partial charge in [0.15, 0.2) is 0 Å². The molecule has 4 atom stereocenters. The lowest BCUT2D eigenvalue weighted by molar-refractivity contribution is -0.143.